The normalized spacial score (nSPS) is 11.3. The predicted molar refractivity (Wildman–Crippen MR) is 97.9 cm³/mol. The zero-order valence-corrected chi connectivity index (χ0v) is 14.1. The van der Waals surface area contributed by atoms with Crippen LogP contribution in [0.25, 0.3) is 32.9 Å². The minimum Gasteiger partial charge on any atom is -0.478 e. The molecule has 0 saturated carbocycles. The van der Waals surface area contributed by atoms with E-state index in [0.717, 1.165) is 27.5 Å². The van der Waals surface area contributed by atoms with Crippen LogP contribution < -0.4 is 10.3 Å². The Bertz CT molecular complexity index is 1130. The van der Waals surface area contributed by atoms with Gasteiger partial charge in [0.05, 0.1) is 29.2 Å². The lowest BCUT2D eigenvalue weighted by molar-refractivity contribution is 0.328. The minimum absolute atomic E-state index is 0.0351. The largest absolute Gasteiger partial charge is 0.478 e. The molecule has 4 aromatic rings. The van der Waals surface area contributed by atoms with Crippen molar-refractivity contribution >= 4 is 21.8 Å². The Hall–Kier alpha value is -3.15. The maximum absolute atomic E-state index is 12.7. The molecule has 0 aliphatic rings. The van der Waals surface area contributed by atoms with Crippen LogP contribution in [-0.4, -0.2) is 26.4 Å². The molecule has 0 aliphatic carbocycles. The fraction of sp³-hybridized carbons (Fsp3) is 0.211. The first-order valence-corrected chi connectivity index (χ1v) is 8.32. The van der Waals surface area contributed by atoms with Crippen LogP contribution in [0.2, 0.25) is 0 Å². The summed E-state index contributed by atoms with van der Waals surface area (Å²) >= 11 is 0. The van der Waals surface area contributed by atoms with Crippen molar-refractivity contribution in [3.05, 3.63) is 53.1 Å². The van der Waals surface area contributed by atoms with Gasteiger partial charge >= 0.3 is 0 Å². The summed E-state index contributed by atoms with van der Waals surface area (Å²) in [5.74, 6) is 0.595. The highest BCUT2D eigenvalue weighted by Crippen LogP contribution is 2.31. The second-order valence-electron chi connectivity index (χ2n) is 5.73. The first kappa shape index (κ1) is 15.4. The monoisotopic (exact) mass is 334 g/mol. The third-order valence-corrected chi connectivity index (χ3v) is 4.35. The third kappa shape index (κ3) is 2.38. The third-order valence-electron chi connectivity index (χ3n) is 4.35. The van der Waals surface area contributed by atoms with Gasteiger partial charge in [-0.2, -0.15) is 5.10 Å². The predicted octanol–water partition coefficient (Wildman–Crippen LogP) is 3.36. The number of fused-ring (bicyclic) bond motifs is 3. The standard InChI is InChI=1S/C19H18N4O2/c1-3-23-16-10-12(13-6-5-9-20-18(13)25-4-2)7-8-14(16)17-15(19(23)24)11-21-22-17/h5-11H,3-4H2,1-2H3,(H,21,22). The molecule has 0 fully saturated rings. The van der Waals surface area contributed by atoms with Crippen LogP contribution in [0.4, 0.5) is 0 Å². The Balaban J connectivity index is 2.03. The first-order chi connectivity index (χ1) is 12.2. The van der Waals surface area contributed by atoms with Gasteiger partial charge in [-0.15, -0.1) is 0 Å². The molecule has 126 valence electrons. The van der Waals surface area contributed by atoms with E-state index in [0.29, 0.717) is 24.4 Å². The van der Waals surface area contributed by atoms with Crippen molar-refractivity contribution in [1.82, 2.24) is 19.7 Å². The van der Waals surface area contributed by atoms with Crippen LogP contribution in [0.3, 0.4) is 0 Å². The highest BCUT2D eigenvalue weighted by molar-refractivity contribution is 6.04. The van der Waals surface area contributed by atoms with Crippen molar-refractivity contribution in [1.29, 1.82) is 0 Å². The molecule has 3 heterocycles. The second kappa shape index (κ2) is 6.05. The molecule has 6 nitrogen and oxygen atoms in total. The second-order valence-corrected chi connectivity index (χ2v) is 5.73. The molecule has 0 aliphatic heterocycles. The number of rotatable bonds is 4. The van der Waals surface area contributed by atoms with Gasteiger partial charge in [-0.3, -0.25) is 9.89 Å². The van der Waals surface area contributed by atoms with Gasteiger partial charge in [-0.05, 0) is 37.6 Å². The maximum atomic E-state index is 12.7. The van der Waals surface area contributed by atoms with E-state index in [9.17, 15) is 4.79 Å². The Kier molecular flexibility index (Phi) is 3.72. The molecule has 1 aromatic carbocycles. The Morgan fingerprint density at radius 2 is 2.08 bits per heavy atom. The fourth-order valence-corrected chi connectivity index (χ4v) is 3.22. The van der Waals surface area contributed by atoms with E-state index in [1.54, 1.807) is 17.0 Å². The van der Waals surface area contributed by atoms with Crippen molar-refractivity contribution in [3.63, 3.8) is 0 Å². The molecule has 4 rings (SSSR count). The van der Waals surface area contributed by atoms with Gasteiger partial charge in [-0.25, -0.2) is 4.98 Å². The summed E-state index contributed by atoms with van der Waals surface area (Å²) in [6.45, 7) is 5.04. The Morgan fingerprint density at radius 3 is 2.88 bits per heavy atom. The molecule has 0 bridgehead atoms. The van der Waals surface area contributed by atoms with Crippen molar-refractivity contribution in [2.24, 2.45) is 0 Å². The van der Waals surface area contributed by atoms with Gasteiger partial charge < -0.3 is 9.30 Å². The van der Waals surface area contributed by atoms with Gasteiger partial charge in [0.15, 0.2) is 0 Å². The van der Waals surface area contributed by atoms with E-state index < -0.39 is 0 Å². The zero-order valence-electron chi connectivity index (χ0n) is 14.1. The summed E-state index contributed by atoms with van der Waals surface area (Å²) in [6.07, 6.45) is 3.30. The number of aryl methyl sites for hydroxylation is 1. The quantitative estimate of drug-likeness (QED) is 0.621. The van der Waals surface area contributed by atoms with Gasteiger partial charge in [0, 0.05) is 23.7 Å². The molecule has 0 unspecified atom stereocenters. The number of H-pyrrole nitrogens is 1. The van der Waals surface area contributed by atoms with Crippen LogP contribution in [-0.2, 0) is 6.54 Å². The summed E-state index contributed by atoms with van der Waals surface area (Å²) in [6, 6.07) is 9.90. The smallest absolute Gasteiger partial charge is 0.262 e. The average molecular weight is 334 g/mol. The fourth-order valence-electron chi connectivity index (χ4n) is 3.22. The SMILES string of the molecule is CCOc1ncccc1-c1ccc2c3[nH]ncc3c(=O)n(CC)c2c1. The topological polar surface area (TPSA) is 72.8 Å². The number of benzene rings is 1. The van der Waals surface area contributed by atoms with E-state index in [1.807, 2.05) is 44.2 Å². The molecular weight excluding hydrogens is 316 g/mol. The van der Waals surface area contributed by atoms with Crippen LogP contribution in [0.15, 0.2) is 47.5 Å². The van der Waals surface area contributed by atoms with Crippen LogP contribution >= 0.6 is 0 Å². The lowest BCUT2D eigenvalue weighted by Gasteiger charge is -2.12. The summed E-state index contributed by atoms with van der Waals surface area (Å²) in [4.78, 5) is 17.0. The highest BCUT2D eigenvalue weighted by atomic mass is 16.5. The summed E-state index contributed by atoms with van der Waals surface area (Å²) < 4.78 is 7.42. The highest BCUT2D eigenvalue weighted by Gasteiger charge is 2.14. The van der Waals surface area contributed by atoms with E-state index in [1.165, 1.54) is 0 Å². The number of hydrogen-bond acceptors (Lipinski definition) is 4. The average Bonchev–Trinajstić information content (AvgIpc) is 3.13. The molecule has 0 radical (unpaired) electrons. The van der Waals surface area contributed by atoms with Gasteiger partial charge in [-0.1, -0.05) is 12.1 Å². The number of pyridine rings is 2. The number of nitrogens with one attached hydrogen (secondary N) is 1. The van der Waals surface area contributed by atoms with Crippen molar-refractivity contribution in [2.75, 3.05) is 6.61 Å². The zero-order chi connectivity index (χ0) is 17.4. The summed E-state index contributed by atoms with van der Waals surface area (Å²) in [7, 11) is 0. The van der Waals surface area contributed by atoms with Crippen molar-refractivity contribution in [2.45, 2.75) is 20.4 Å². The molecule has 0 saturated heterocycles. The molecule has 0 amide bonds. The molecule has 3 aromatic heterocycles. The van der Waals surface area contributed by atoms with E-state index in [-0.39, 0.29) is 5.56 Å². The maximum Gasteiger partial charge on any atom is 0.262 e. The van der Waals surface area contributed by atoms with Gasteiger partial charge in [0.25, 0.3) is 5.56 Å². The van der Waals surface area contributed by atoms with Crippen LogP contribution in [0.5, 0.6) is 5.88 Å². The minimum atomic E-state index is -0.0351. The Morgan fingerprint density at radius 1 is 1.20 bits per heavy atom. The van der Waals surface area contributed by atoms with E-state index in [4.69, 9.17) is 4.74 Å². The summed E-state index contributed by atoms with van der Waals surface area (Å²) in [5, 5.41) is 8.57. The first-order valence-electron chi connectivity index (χ1n) is 8.32. The number of nitrogens with zero attached hydrogens (tertiary/aromatic N) is 3. The van der Waals surface area contributed by atoms with Gasteiger partial charge in [0.2, 0.25) is 5.88 Å². The molecule has 6 heteroatoms. The lowest BCUT2D eigenvalue weighted by Crippen LogP contribution is -2.19. The van der Waals surface area contributed by atoms with Crippen LogP contribution in [0.1, 0.15) is 13.8 Å². The molecule has 0 atom stereocenters. The molecule has 1 N–H and O–H groups in total. The van der Waals surface area contributed by atoms with Gasteiger partial charge in [0.1, 0.15) is 0 Å². The van der Waals surface area contributed by atoms with Crippen molar-refractivity contribution < 1.29 is 4.74 Å². The van der Waals surface area contributed by atoms with E-state index in [2.05, 4.69) is 15.2 Å². The molecule has 0 spiro atoms. The number of aromatic amines is 1. The summed E-state index contributed by atoms with van der Waals surface area (Å²) in [5.41, 5.74) is 3.48. The number of aromatic nitrogens is 4. The Labute approximate surface area is 144 Å². The molecular formula is C19H18N4O2. The van der Waals surface area contributed by atoms with Crippen LogP contribution in [0, 0.1) is 0 Å². The number of hydrogen-bond donors (Lipinski definition) is 1. The van der Waals surface area contributed by atoms with Crippen molar-refractivity contribution in [3.8, 4) is 17.0 Å². The van der Waals surface area contributed by atoms with E-state index >= 15 is 0 Å². The lowest BCUT2D eigenvalue weighted by atomic mass is 10.0. The number of ether oxygens (including phenoxy) is 1. The molecule has 25 heavy (non-hydrogen) atoms.